The van der Waals surface area contributed by atoms with Crippen LogP contribution in [0.4, 0.5) is 0 Å². The zero-order valence-corrected chi connectivity index (χ0v) is 13.4. The maximum atomic E-state index is 12.1. The summed E-state index contributed by atoms with van der Waals surface area (Å²) in [6, 6.07) is 8.29. The predicted octanol–water partition coefficient (Wildman–Crippen LogP) is 3.68. The molecule has 0 radical (unpaired) electrons. The van der Waals surface area contributed by atoms with Gasteiger partial charge in [0.15, 0.2) is 0 Å². The number of piperidine rings is 1. The number of carbonyl (C=O) groups excluding carboxylic acids is 1. The highest BCUT2D eigenvalue weighted by atomic mass is 16.5. The lowest BCUT2D eigenvalue weighted by molar-refractivity contribution is -0.132. The van der Waals surface area contributed by atoms with E-state index in [4.69, 9.17) is 4.74 Å². The Morgan fingerprint density at radius 3 is 3.05 bits per heavy atom. The summed E-state index contributed by atoms with van der Waals surface area (Å²) in [4.78, 5) is 17.7. The molecule has 0 spiro atoms. The number of hydrogen-bond donors (Lipinski definition) is 1. The molecule has 1 aliphatic rings. The van der Waals surface area contributed by atoms with Gasteiger partial charge in [-0.05, 0) is 43.5 Å². The maximum Gasteiger partial charge on any atom is 0.222 e. The Morgan fingerprint density at radius 1 is 1.41 bits per heavy atom. The van der Waals surface area contributed by atoms with E-state index in [1.807, 2.05) is 11.0 Å². The second kappa shape index (κ2) is 6.42. The smallest absolute Gasteiger partial charge is 0.222 e. The number of ether oxygens (including phenoxy) is 1. The van der Waals surface area contributed by atoms with Crippen LogP contribution in [-0.4, -0.2) is 36.0 Å². The van der Waals surface area contributed by atoms with Gasteiger partial charge in [0, 0.05) is 42.0 Å². The van der Waals surface area contributed by atoms with E-state index in [1.54, 1.807) is 7.11 Å². The van der Waals surface area contributed by atoms with Crippen molar-refractivity contribution in [2.75, 3.05) is 20.2 Å². The second-order valence-electron chi connectivity index (χ2n) is 6.11. The summed E-state index contributed by atoms with van der Waals surface area (Å²) in [7, 11) is 1.69. The minimum Gasteiger partial charge on any atom is -0.497 e. The van der Waals surface area contributed by atoms with Gasteiger partial charge in [0.2, 0.25) is 5.91 Å². The number of aromatic amines is 1. The van der Waals surface area contributed by atoms with Gasteiger partial charge in [-0.15, -0.1) is 0 Å². The van der Waals surface area contributed by atoms with E-state index in [-0.39, 0.29) is 0 Å². The molecule has 1 atom stereocenters. The van der Waals surface area contributed by atoms with Crippen molar-refractivity contribution in [1.82, 2.24) is 9.88 Å². The maximum absolute atomic E-state index is 12.1. The molecule has 2 heterocycles. The first-order valence-corrected chi connectivity index (χ1v) is 8.15. The number of nitrogens with one attached hydrogen (secondary N) is 1. The van der Waals surface area contributed by atoms with Gasteiger partial charge in [-0.1, -0.05) is 6.92 Å². The molecule has 0 aliphatic carbocycles. The van der Waals surface area contributed by atoms with Gasteiger partial charge in [0.25, 0.3) is 0 Å². The van der Waals surface area contributed by atoms with Gasteiger partial charge < -0.3 is 14.6 Å². The van der Waals surface area contributed by atoms with Crippen molar-refractivity contribution in [1.29, 1.82) is 0 Å². The molecule has 1 amide bonds. The van der Waals surface area contributed by atoms with Gasteiger partial charge in [-0.25, -0.2) is 0 Å². The number of methoxy groups -OCH3 is 1. The van der Waals surface area contributed by atoms with E-state index in [0.29, 0.717) is 18.2 Å². The molecule has 0 bridgehead atoms. The second-order valence-corrected chi connectivity index (χ2v) is 6.11. The van der Waals surface area contributed by atoms with Crippen molar-refractivity contribution in [2.24, 2.45) is 0 Å². The normalized spacial score (nSPS) is 18.6. The number of H-pyrrole nitrogens is 1. The minimum atomic E-state index is 0.296. The third-order valence-electron chi connectivity index (χ3n) is 4.53. The molecule has 0 saturated carbocycles. The first-order chi connectivity index (χ1) is 10.7. The van der Waals surface area contributed by atoms with Crippen molar-refractivity contribution in [2.45, 2.75) is 38.5 Å². The molecule has 1 fully saturated rings. The van der Waals surface area contributed by atoms with E-state index in [1.165, 1.54) is 11.1 Å². The molecule has 1 aromatic carbocycles. The van der Waals surface area contributed by atoms with Crippen LogP contribution >= 0.6 is 0 Å². The lowest BCUT2D eigenvalue weighted by Gasteiger charge is -2.32. The van der Waals surface area contributed by atoms with Gasteiger partial charge in [-0.2, -0.15) is 0 Å². The number of likely N-dealkylation sites (tertiary alicyclic amines) is 1. The molecule has 1 unspecified atom stereocenters. The van der Waals surface area contributed by atoms with E-state index in [9.17, 15) is 4.79 Å². The van der Waals surface area contributed by atoms with Crippen LogP contribution in [0, 0.1) is 0 Å². The van der Waals surface area contributed by atoms with Crippen LogP contribution in [0.2, 0.25) is 0 Å². The summed E-state index contributed by atoms with van der Waals surface area (Å²) in [5.74, 6) is 1.58. The standard InChI is InChI=1S/C18H24N2O2/c1-3-5-18(21)20-9-4-6-13(12-20)17-11-14-10-15(22-2)7-8-16(14)19-17/h7-8,10-11,13,19H,3-6,9,12H2,1-2H3. The van der Waals surface area contributed by atoms with Gasteiger partial charge in [0.05, 0.1) is 7.11 Å². The molecule has 22 heavy (non-hydrogen) atoms. The van der Waals surface area contributed by atoms with Crippen molar-refractivity contribution >= 4 is 16.8 Å². The Morgan fingerprint density at radius 2 is 2.27 bits per heavy atom. The topological polar surface area (TPSA) is 45.3 Å². The predicted molar refractivity (Wildman–Crippen MR) is 88.3 cm³/mol. The summed E-state index contributed by atoms with van der Waals surface area (Å²) in [6.45, 7) is 3.80. The number of fused-ring (bicyclic) bond motifs is 1. The average molecular weight is 300 g/mol. The highest BCUT2D eigenvalue weighted by Gasteiger charge is 2.25. The number of rotatable bonds is 4. The van der Waals surface area contributed by atoms with Crippen LogP contribution in [0.1, 0.15) is 44.2 Å². The van der Waals surface area contributed by atoms with E-state index in [2.05, 4.69) is 30.1 Å². The zero-order valence-electron chi connectivity index (χ0n) is 13.4. The largest absolute Gasteiger partial charge is 0.497 e. The number of carbonyl (C=O) groups is 1. The summed E-state index contributed by atoms with van der Waals surface area (Å²) < 4.78 is 5.29. The fourth-order valence-corrected chi connectivity index (χ4v) is 3.31. The molecule has 118 valence electrons. The molecule has 1 aromatic heterocycles. The highest BCUT2D eigenvalue weighted by Crippen LogP contribution is 2.30. The van der Waals surface area contributed by atoms with Crippen molar-refractivity contribution in [3.8, 4) is 5.75 Å². The third kappa shape index (κ3) is 2.96. The lowest BCUT2D eigenvalue weighted by Crippen LogP contribution is -2.39. The summed E-state index contributed by atoms with van der Waals surface area (Å²) in [5.41, 5.74) is 2.37. The summed E-state index contributed by atoms with van der Waals surface area (Å²) >= 11 is 0. The van der Waals surface area contributed by atoms with Crippen LogP contribution < -0.4 is 4.74 Å². The van der Waals surface area contributed by atoms with Crippen LogP contribution in [0.3, 0.4) is 0 Å². The Labute approximate surface area is 131 Å². The van der Waals surface area contributed by atoms with Crippen molar-refractivity contribution in [3.63, 3.8) is 0 Å². The molecular weight excluding hydrogens is 276 g/mol. The number of amides is 1. The monoisotopic (exact) mass is 300 g/mol. The van der Waals surface area contributed by atoms with E-state index in [0.717, 1.165) is 43.6 Å². The van der Waals surface area contributed by atoms with Crippen LogP contribution in [0.25, 0.3) is 10.9 Å². The molecule has 1 aliphatic heterocycles. The van der Waals surface area contributed by atoms with Gasteiger partial charge in [-0.3, -0.25) is 4.79 Å². The zero-order chi connectivity index (χ0) is 15.5. The number of hydrogen-bond acceptors (Lipinski definition) is 2. The first-order valence-electron chi connectivity index (χ1n) is 8.15. The molecule has 3 rings (SSSR count). The first kappa shape index (κ1) is 14.9. The van der Waals surface area contributed by atoms with Gasteiger partial charge in [0.1, 0.15) is 5.75 Å². The summed E-state index contributed by atoms with van der Waals surface area (Å²) in [6.07, 6.45) is 3.81. The molecule has 4 heteroatoms. The lowest BCUT2D eigenvalue weighted by atomic mass is 9.94. The Bertz CT molecular complexity index is 662. The fraction of sp³-hybridized carbons (Fsp3) is 0.500. The molecule has 1 saturated heterocycles. The molecule has 4 nitrogen and oxygen atoms in total. The van der Waals surface area contributed by atoms with Crippen LogP contribution in [-0.2, 0) is 4.79 Å². The number of aromatic nitrogens is 1. The van der Waals surface area contributed by atoms with Crippen molar-refractivity contribution in [3.05, 3.63) is 30.0 Å². The van der Waals surface area contributed by atoms with Crippen LogP contribution in [0.5, 0.6) is 5.75 Å². The quantitative estimate of drug-likeness (QED) is 0.936. The van der Waals surface area contributed by atoms with E-state index < -0.39 is 0 Å². The number of benzene rings is 1. The Hall–Kier alpha value is -1.97. The SMILES string of the molecule is CCCC(=O)N1CCCC(c2cc3cc(OC)ccc3[nH]2)C1. The molecule has 1 N–H and O–H groups in total. The number of nitrogens with zero attached hydrogens (tertiary/aromatic N) is 1. The summed E-state index contributed by atoms with van der Waals surface area (Å²) in [5, 5.41) is 1.17. The van der Waals surface area contributed by atoms with Gasteiger partial charge >= 0.3 is 0 Å². The minimum absolute atomic E-state index is 0.296. The van der Waals surface area contributed by atoms with Crippen LogP contribution in [0.15, 0.2) is 24.3 Å². The molecule has 2 aromatic rings. The highest BCUT2D eigenvalue weighted by molar-refractivity contribution is 5.82. The Balaban J connectivity index is 1.79. The van der Waals surface area contributed by atoms with Crippen molar-refractivity contribution < 1.29 is 9.53 Å². The third-order valence-corrected chi connectivity index (χ3v) is 4.53. The Kier molecular flexibility index (Phi) is 4.36. The molecular formula is C18H24N2O2. The fourth-order valence-electron chi connectivity index (χ4n) is 3.31. The average Bonchev–Trinajstić information content (AvgIpc) is 2.98. The van der Waals surface area contributed by atoms with E-state index >= 15 is 0 Å².